The third-order valence-electron chi connectivity index (χ3n) is 3.95. The molecule has 0 bridgehead atoms. The third kappa shape index (κ3) is 3.42. The Labute approximate surface area is 130 Å². The minimum atomic E-state index is 0.182. The van der Waals surface area contributed by atoms with Gasteiger partial charge in [-0.05, 0) is 53.7 Å². The predicted octanol–water partition coefficient (Wildman–Crippen LogP) is 5.27. The van der Waals surface area contributed by atoms with E-state index in [1.54, 1.807) is 0 Å². The van der Waals surface area contributed by atoms with E-state index in [4.69, 9.17) is 0 Å². The van der Waals surface area contributed by atoms with Crippen LogP contribution in [-0.4, -0.2) is 13.1 Å². The van der Waals surface area contributed by atoms with Crippen LogP contribution in [-0.2, 0) is 5.41 Å². The molecule has 20 heavy (non-hydrogen) atoms. The molecule has 2 aromatic rings. The molecule has 0 saturated carbocycles. The maximum Gasteiger partial charge on any atom is 0.0253 e. The fourth-order valence-corrected chi connectivity index (χ4v) is 3.17. The van der Waals surface area contributed by atoms with Gasteiger partial charge in [0, 0.05) is 4.47 Å². The Morgan fingerprint density at radius 2 is 1.70 bits per heavy atom. The van der Waals surface area contributed by atoms with Crippen molar-refractivity contribution in [1.82, 2.24) is 5.32 Å². The fourth-order valence-electron chi connectivity index (χ4n) is 2.69. The normalized spacial score (nSPS) is 12.0. The second kappa shape index (κ2) is 6.73. The minimum Gasteiger partial charge on any atom is -0.317 e. The summed E-state index contributed by atoms with van der Waals surface area (Å²) in [5, 5.41) is 6.18. The SMILES string of the molecule is CCCNCCC(C)(C)c1ccc(Br)c2ccccc12. The lowest BCUT2D eigenvalue weighted by atomic mass is 9.79. The molecule has 1 N–H and O–H groups in total. The highest BCUT2D eigenvalue weighted by Gasteiger charge is 2.22. The van der Waals surface area contributed by atoms with Crippen LogP contribution in [0.4, 0.5) is 0 Å². The molecule has 0 aliphatic heterocycles. The largest absolute Gasteiger partial charge is 0.317 e. The maximum atomic E-state index is 3.66. The molecule has 0 heterocycles. The molecule has 0 unspecified atom stereocenters. The lowest BCUT2D eigenvalue weighted by molar-refractivity contribution is 0.460. The van der Waals surface area contributed by atoms with Crippen molar-refractivity contribution in [3.8, 4) is 0 Å². The predicted molar refractivity (Wildman–Crippen MR) is 92.5 cm³/mol. The molecule has 1 nitrogen and oxygen atoms in total. The molecule has 0 spiro atoms. The van der Waals surface area contributed by atoms with Crippen molar-refractivity contribution in [2.75, 3.05) is 13.1 Å². The van der Waals surface area contributed by atoms with Crippen molar-refractivity contribution >= 4 is 26.7 Å². The van der Waals surface area contributed by atoms with E-state index in [1.165, 1.54) is 27.2 Å². The Morgan fingerprint density at radius 3 is 2.40 bits per heavy atom. The molecular weight excluding hydrogens is 310 g/mol. The highest BCUT2D eigenvalue weighted by atomic mass is 79.9. The van der Waals surface area contributed by atoms with E-state index in [2.05, 4.69) is 78.4 Å². The Morgan fingerprint density at radius 1 is 1.00 bits per heavy atom. The summed E-state index contributed by atoms with van der Waals surface area (Å²) >= 11 is 3.66. The maximum absolute atomic E-state index is 3.66. The van der Waals surface area contributed by atoms with E-state index in [0.717, 1.165) is 19.5 Å². The first-order valence-corrected chi connectivity index (χ1v) is 8.24. The van der Waals surface area contributed by atoms with Gasteiger partial charge in [-0.3, -0.25) is 0 Å². The van der Waals surface area contributed by atoms with Crippen molar-refractivity contribution in [1.29, 1.82) is 0 Å². The second-order valence-electron chi connectivity index (χ2n) is 6.02. The van der Waals surface area contributed by atoms with E-state index in [0.29, 0.717) is 0 Å². The summed E-state index contributed by atoms with van der Waals surface area (Å²) < 4.78 is 1.18. The third-order valence-corrected chi connectivity index (χ3v) is 4.65. The molecule has 2 rings (SSSR count). The van der Waals surface area contributed by atoms with Crippen LogP contribution in [0.2, 0.25) is 0 Å². The van der Waals surface area contributed by atoms with Gasteiger partial charge in [-0.15, -0.1) is 0 Å². The zero-order chi connectivity index (χ0) is 14.6. The van der Waals surface area contributed by atoms with E-state index in [1.807, 2.05) is 0 Å². The number of fused-ring (bicyclic) bond motifs is 1. The fraction of sp³-hybridized carbons (Fsp3) is 0.444. The summed E-state index contributed by atoms with van der Waals surface area (Å²) in [5.41, 5.74) is 1.62. The lowest BCUT2D eigenvalue weighted by Gasteiger charge is -2.27. The van der Waals surface area contributed by atoms with Gasteiger partial charge in [-0.25, -0.2) is 0 Å². The van der Waals surface area contributed by atoms with Crippen LogP contribution in [0.25, 0.3) is 10.8 Å². The van der Waals surface area contributed by atoms with Gasteiger partial charge in [-0.1, -0.05) is 67.0 Å². The van der Waals surface area contributed by atoms with Crippen LogP contribution in [0.5, 0.6) is 0 Å². The van der Waals surface area contributed by atoms with Crippen LogP contribution >= 0.6 is 15.9 Å². The van der Waals surface area contributed by atoms with Crippen molar-refractivity contribution in [3.05, 3.63) is 46.4 Å². The summed E-state index contributed by atoms with van der Waals surface area (Å²) in [7, 11) is 0. The van der Waals surface area contributed by atoms with Crippen LogP contribution in [0.15, 0.2) is 40.9 Å². The van der Waals surface area contributed by atoms with Crippen LogP contribution in [0, 0.1) is 0 Å². The zero-order valence-electron chi connectivity index (χ0n) is 12.7. The van der Waals surface area contributed by atoms with E-state index in [9.17, 15) is 0 Å². The average Bonchev–Trinajstić information content (AvgIpc) is 2.44. The summed E-state index contributed by atoms with van der Waals surface area (Å²) in [6.07, 6.45) is 2.35. The highest BCUT2D eigenvalue weighted by Crippen LogP contribution is 2.35. The van der Waals surface area contributed by atoms with Gasteiger partial charge in [0.25, 0.3) is 0 Å². The minimum absolute atomic E-state index is 0.182. The molecule has 0 atom stereocenters. The Kier molecular flexibility index (Phi) is 5.22. The molecule has 0 radical (unpaired) electrons. The highest BCUT2D eigenvalue weighted by molar-refractivity contribution is 9.10. The molecule has 0 saturated heterocycles. The van der Waals surface area contributed by atoms with Gasteiger partial charge in [0.05, 0.1) is 0 Å². The molecule has 0 amide bonds. The summed E-state index contributed by atoms with van der Waals surface area (Å²) in [6.45, 7) is 9.08. The van der Waals surface area contributed by atoms with Crippen molar-refractivity contribution < 1.29 is 0 Å². The topological polar surface area (TPSA) is 12.0 Å². The Bertz CT molecular complexity index is 575. The number of nitrogens with one attached hydrogen (secondary N) is 1. The van der Waals surface area contributed by atoms with Gasteiger partial charge in [0.2, 0.25) is 0 Å². The summed E-state index contributed by atoms with van der Waals surface area (Å²) in [5.74, 6) is 0. The van der Waals surface area contributed by atoms with Gasteiger partial charge in [0.1, 0.15) is 0 Å². The van der Waals surface area contributed by atoms with Gasteiger partial charge < -0.3 is 5.32 Å². The first-order valence-electron chi connectivity index (χ1n) is 7.44. The van der Waals surface area contributed by atoms with E-state index in [-0.39, 0.29) is 5.41 Å². The van der Waals surface area contributed by atoms with Crippen molar-refractivity contribution in [3.63, 3.8) is 0 Å². The first-order chi connectivity index (χ1) is 9.56. The molecule has 0 aliphatic rings. The smallest absolute Gasteiger partial charge is 0.0253 e. The molecule has 108 valence electrons. The number of hydrogen-bond donors (Lipinski definition) is 1. The number of rotatable bonds is 6. The monoisotopic (exact) mass is 333 g/mol. The van der Waals surface area contributed by atoms with Crippen LogP contribution < -0.4 is 5.32 Å². The summed E-state index contributed by atoms with van der Waals surface area (Å²) in [4.78, 5) is 0. The number of benzene rings is 2. The Balaban J connectivity index is 2.29. The quantitative estimate of drug-likeness (QED) is 0.710. The van der Waals surface area contributed by atoms with Gasteiger partial charge in [-0.2, -0.15) is 0 Å². The standard InChI is InChI=1S/C18H24BrN/c1-4-12-20-13-11-18(2,3)16-9-10-17(19)15-8-6-5-7-14(15)16/h5-10,20H,4,11-13H2,1-3H3. The molecule has 2 heteroatoms. The van der Waals surface area contributed by atoms with E-state index < -0.39 is 0 Å². The van der Waals surface area contributed by atoms with Crippen molar-refractivity contribution in [2.24, 2.45) is 0 Å². The van der Waals surface area contributed by atoms with Gasteiger partial charge in [0.15, 0.2) is 0 Å². The Hall–Kier alpha value is -0.860. The second-order valence-corrected chi connectivity index (χ2v) is 6.88. The summed E-state index contributed by atoms with van der Waals surface area (Å²) in [6, 6.07) is 13.1. The molecule has 0 fully saturated rings. The average molecular weight is 334 g/mol. The molecular formula is C18H24BrN. The number of hydrogen-bond acceptors (Lipinski definition) is 1. The van der Waals surface area contributed by atoms with Gasteiger partial charge >= 0.3 is 0 Å². The molecule has 0 aromatic heterocycles. The van der Waals surface area contributed by atoms with Crippen LogP contribution in [0.3, 0.4) is 0 Å². The number of halogens is 1. The molecule has 0 aliphatic carbocycles. The van der Waals surface area contributed by atoms with Crippen molar-refractivity contribution in [2.45, 2.75) is 39.0 Å². The zero-order valence-corrected chi connectivity index (χ0v) is 14.3. The van der Waals surface area contributed by atoms with Crippen LogP contribution in [0.1, 0.15) is 39.2 Å². The van der Waals surface area contributed by atoms with E-state index >= 15 is 0 Å². The molecule has 2 aromatic carbocycles. The first kappa shape index (κ1) is 15.5. The lowest BCUT2D eigenvalue weighted by Crippen LogP contribution is -2.26.